The number of aromatic amines is 1. The molecule has 1 aromatic rings. The Morgan fingerprint density at radius 2 is 1.47 bits per heavy atom. The van der Waals surface area contributed by atoms with Crippen LogP contribution in [0.15, 0.2) is 0 Å². The van der Waals surface area contributed by atoms with Gasteiger partial charge in [-0.25, -0.2) is 19.4 Å². The van der Waals surface area contributed by atoms with Crippen LogP contribution in [-0.2, 0) is 14.2 Å². The summed E-state index contributed by atoms with van der Waals surface area (Å²) in [4.78, 5) is 39.8. The average Bonchev–Trinajstić information content (AvgIpc) is 2.80. The van der Waals surface area contributed by atoms with Crippen LogP contribution in [0.25, 0.3) is 0 Å². The molecule has 0 spiro atoms. The minimum Gasteiger partial charge on any atom is -0.464 e. The summed E-state index contributed by atoms with van der Waals surface area (Å²) in [5.41, 5.74) is -0.598. The summed E-state index contributed by atoms with van der Waals surface area (Å²) in [6.07, 6.45) is 0. The van der Waals surface area contributed by atoms with Crippen LogP contribution < -0.4 is 0 Å². The van der Waals surface area contributed by atoms with E-state index in [1.54, 1.807) is 0 Å². The highest BCUT2D eigenvalue weighted by Crippen LogP contribution is 2.10. The van der Waals surface area contributed by atoms with E-state index in [9.17, 15) is 14.4 Å². The largest absolute Gasteiger partial charge is 0.464 e. The number of hydrogen-bond donors (Lipinski definition) is 1. The number of nitrogens with one attached hydrogen (secondary N) is 1. The van der Waals surface area contributed by atoms with Gasteiger partial charge in [-0.05, 0) is 0 Å². The number of rotatable bonds is 3. The van der Waals surface area contributed by atoms with E-state index in [2.05, 4.69) is 24.2 Å². The quantitative estimate of drug-likeness (QED) is 0.576. The zero-order valence-corrected chi connectivity index (χ0v) is 9.40. The molecule has 1 aromatic heterocycles. The molecule has 0 amide bonds. The lowest BCUT2D eigenvalue weighted by atomic mass is 10.3. The van der Waals surface area contributed by atoms with Gasteiger partial charge in [-0.2, -0.15) is 0 Å². The Morgan fingerprint density at radius 1 is 0.941 bits per heavy atom. The van der Waals surface area contributed by atoms with Crippen LogP contribution in [0.1, 0.15) is 31.6 Å². The molecule has 1 heterocycles. The predicted octanol–water partition coefficient (Wildman–Crippen LogP) is -0.231. The molecule has 1 N–H and O–H groups in total. The first-order valence-electron chi connectivity index (χ1n) is 4.40. The third-order valence-corrected chi connectivity index (χ3v) is 1.85. The van der Waals surface area contributed by atoms with Gasteiger partial charge in [0.25, 0.3) is 0 Å². The number of carbonyl (C=O) groups is 3. The molecule has 92 valence electrons. The molecule has 0 saturated carbocycles. The highest BCUT2D eigenvalue weighted by Gasteiger charge is 2.26. The molecule has 0 radical (unpaired) electrons. The Morgan fingerprint density at radius 3 is 1.94 bits per heavy atom. The number of esters is 3. The summed E-state index contributed by atoms with van der Waals surface area (Å²) in [7, 11) is 3.39. The van der Waals surface area contributed by atoms with Crippen LogP contribution in [0.3, 0.4) is 0 Å². The second kappa shape index (κ2) is 5.10. The molecule has 8 heteroatoms. The lowest BCUT2D eigenvalue weighted by Gasteiger charge is -1.97. The smallest absolute Gasteiger partial charge is 0.374 e. The third-order valence-electron chi connectivity index (χ3n) is 1.85. The van der Waals surface area contributed by atoms with E-state index in [4.69, 9.17) is 0 Å². The zero-order chi connectivity index (χ0) is 13.0. The predicted molar refractivity (Wildman–Crippen MR) is 52.6 cm³/mol. The van der Waals surface area contributed by atoms with E-state index in [-0.39, 0.29) is 17.2 Å². The van der Waals surface area contributed by atoms with Crippen molar-refractivity contribution in [3.63, 3.8) is 0 Å². The standard InChI is InChI=1S/C9H10N2O6/c1-15-7(12)4-5(8(13)16-2)11-6(10-4)9(14)17-3/h1-3H3,(H,10,11). The van der Waals surface area contributed by atoms with Crippen molar-refractivity contribution < 1.29 is 28.6 Å². The van der Waals surface area contributed by atoms with Gasteiger partial charge in [0.15, 0.2) is 11.4 Å². The molecule has 0 bridgehead atoms. The third kappa shape index (κ3) is 2.41. The Hall–Kier alpha value is -2.38. The van der Waals surface area contributed by atoms with Gasteiger partial charge in [-0.15, -0.1) is 0 Å². The molecular weight excluding hydrogens is 232 g/mol. The Labute approximate surface area is 95.9 Å². The Bertz CT molecular complexity index is 431. The van der Waals surface area contributed by atoms with Crippen molar-refractivity contribution in [2.45, 2.75) is 0 Å². The second-order valence-corrected chi connectivity index (χ2v) is 2.78. The van der Waals surface area contributed by atoms with E-state index < -0.39 is 17.9 Å². The van der Waals surface area contributed by atoms with Crippen LogP contribution in [0, 0.1) is 0 Å². The van der Waals surface area contributed by atoms with Crippen molar-refractivity contribution >= 4 is 17.9 Å². The fraction of sp³-hybridized carbons (Fsp3) is 0.333. The number of nitrogens with zero attached hydrogens (tertiary/aromatic N) is 1. The Kier molecular flexibility index (Phi) is 3.81. The average molecular weight is 242 g/mol. The summed E-state index contributed by atoms with van der Waals surface area (Å²) in [5, 5.41) is 0. The molecule has 1 rings (SSSR count). The van der Waals surface area contributed by atoms with Crippen molar-refractivity contribution in [2.24, 2.45) is 0 Å². The van der Waals surface area contributed by atoms with Crippen LogP contribution in [0.4, 0.5) is 0 Å². The molecule has 0 saturated heterocycles. The van der Waals surface area contributed by atoms with Gasteiger partial charge in [-0.3, -0.25) is 0 Å². The van der Waals surface area contributed by atoms with Crippen LogP contribution in [-0.4, -0.2) is 49.2 Å². The topological polar surface area (TPSA) is 108 Å². The molecule has 0 aliphatic carbocycles. The lowest BCUT2D eigenvalue weighted by Crippen LogP contribution is -2.11. The van der Waals surface area contributed by atoms with E-state index in [1.165, 1.54) is 0 Å². The molecule has 0 aliphatic heterocycles. The van der Waals surface area contributed by atoms with Gasteiger partial charge < -0.3 is 19.2 Å². The summed E-state index contributed by atoms with van der Waals surface area (Å²) in [5.74, 6) is -2.80. The number of hydrogen-bond acceptors (Lipinski definition) is 7. The molecule has 0 aromatic carbocycles. The minimum atomic E-state index is -0.864. The van der Waals surface area contributed by atoms with E-state index in [0.29, 0.717) is 0 Å². The number of ether oxygens (including phenoxy) is 3. The fourth-order valence-electron chi connectivity index (χ4n) is 1.06. The zero-order valence-electron chi connectivity index (χ0n) is 9.40. The lowest BCUT2D eigenvalue weighted by molar-refractivity contribution is 0.0548. The maximum Gasteiger partial charge on any atom is 0.374 e. The van der Waals surface area contributed by atoms with Crippen molar-refractivity contribution in [1.82, 2.24) is 9.97 Å². The van der Waals surface area contributed by atoms with Gasteiger partial charge in [0.1, 0.15) is 0 Å². The number of aromatic nitrogens is 2. The van der Waals surface area contributed by atoms with E-state index >= 15 is 0 Å². The maximum atomic E-state index is 11.3. The van der Waals surface area contributed by atoms with Crippen molar-refractivity contribution in [3.05, 3.63) is 17.2 Å². The van der Waals surface area contributed by atoms with Crippen LogP contribution >= 0.6 is 0 Å². The summed E-state index contributed by atoms with van der Waals surface area (Å²) in [6, 6.07) is 0. The molecule has 0 fully saturated rings. The number of imidazole rings is 1. The SMILES string of the molecule is COC(=O)c1nc(C(=O)OC)c(C(=O)OC)[nH]1. The van der Waals surface area contributed by atoms with Crippen LogP contribution in [0.5, 0.6) is 0 Å². The second-order valence-electron chi connectivity index (χ2n) is 2.78. The van der Waals surface area contributed by atoms with Gasteiger partial charge >= 0.3 is 17.9 Å². The minimum absolute atomic E-state index is 0.264. The molecule has 0 aliphatic rings. The summed E-state index contributed by atoms with van der Waals surface area (Å²) in [6.45, 7) is 0. The fourth-order valence-corrected chi connectivity index (χ4v) is 1.06. The van der Waals surface area contributed by atoms with Crippen molar-refractivity contribution in [2.75, 3.05) is 21.3 Å². The molecule has 17 heavy (non-hydrogen) atoms. The first-order chi connectivity index (χ1) is 8.04. The van der Waals surface area contributed by atoms with E-state index in [1.807, 2.05) is 0 Å². The van der Waals surface area contributed by atoms with Crippen LogP contribution in [0.2, 0.25) is 0 Å². The highest BCUT2D eigenvalue weighted by molar-refractivity contribution is 6.02. The van der Waals surface area contributed by atoms with Gasteiger partial charge in [0.05, 0.1) is 21.3 Å². The molecule has 8 nitrogen and oxygen atoms in total. The monoisotopic (exact) mass is 242 g/mol. The molecule has 0 atom stereocenters. The molecule has 0 unspecified atom stereocenters. The number of methoxy groups -OCH3 is 3. The number of carbonyl (C=O) groups excluding carboxylic acids is 3. The highest BCUT2D eigenvalue weighted by atomic mass is 16.5. The first-order valence-corrected chi connectivity index (χ1v) is 4.40. The van der Waals surface area contributed by atoms with Gasteiger partial charge in [-0.1, -0.05) is 0 Å². The number of H-pyrrole nitrogens is 1. The van der Waals surface area contributed by atoms with Gasteiger partial charge in [0, 0.05) is 0 Å². The maximum absolute atomic E-state index is 11.3. The van der Waals surface area contributed by atoms with Crippen molar-refractivity contribution in [1.29, 1.82) is 0 Å². The normalized spacial score (nSPS) is 9.59. The van der Waals surface area contributed by atoms with Crippen molar-refractivity contribution in [3.8, 4) is 0 Å². The summed E-state index contributed by atoms with van der Waals surface area (Å²) >= 11 is 0. The van der Waals surface area contributed by atoms with E-state index in [0.717, 1.165) is 21.3 Å². The first kappa shape index (κ1) is 12.7. The van der Waals surface area contributed by atoms with Gasteiger partial charge in [0.2, 0.25) is 5.82 Å². The summed E-state index contributed by atoms with van der Waals surface area (Å²) < 4.78 is 13.2. The molecular formula is C9H10N2O6. The Balaban J connectivity index is 3.26.